The number of benzene rings is 2. The predicted octanol–water partition coefficient (Wildman–Crippen LogP) is 2.78. The van der Waals surface area contributed by atoms with Gasteiger partial charge in [0.25, 0.3) is 0 Å². The monoisotopic (exact) mass is 370 g/mol. The molecule has 1 heterocycles. The largest absolute Gasteiger partial charge is 0.507 e. The zero-order chi connectivity index (χ0) is 19.2. The normalized spacial score (nSPS) is 18.6. The molecule has 146 valence electrons. The van der Waals surface area contributed by atoms with Gasteiger partial charge in [0.15, 0.2) is 0 Å². The number of hydrogen-bond acceptors (Lipinski definition) is 5. The molecular formula is C22H30N2O3. The number of nitrogens with zero attached hydrogens (tertiary/aromatic N) is 2. The van der Waals surface area contributed by atoms with E-state index >= 15 is 0 Å². The lowest BCUT2D eigenvalue weighted by Gasteiger charge is -2.41. The molecule has 2 N–H and O–H groups in total. The Hall–Kier alpha value is -2.08. The van der Waals surface area contributed by atoms with Crippen molar-refractivity contribution >= 4 is 0 Å². The van der Waals surface area contributed by atoms with Crippen molar-refractivity contribution in [2.45, 2.75) is 32.5 Å². The lowest BCUT2D eigenvalue weighted by Crippen LogP contribution is -2.52. The first kappa shape index (κ1) is 19.7. The summed E-state index contributed by atoms with van der Waals surface area (Å²) in [6.07, 6.45) is 0.750. The molecule has 1 saturated heterocycles. The van der Waals surface area contributed by atoms with Crippen LogP contribution in [0.5, 0.6) is 11.5 Å². The van der Waals surface area contributed by atoms with Gasteiger partial charge in [-0.2, -0.15) is 0 Å². The standard InChI is InChI=1S/C22H30N2O3/c1-17-6-8-18(9-7-17)14-24-12-11-23(15-19(24)10-13-25)16-20-21(26)4-3-5-22(20)27-2/h3-9,19,25-26H,10-16H2,1-2H3/t19-/m1/s1. The summed E-state index contributed by atoms with van der Waals surface area (Å²) >= 11 is 0. The van der Waals surface area contributed by atoms with Crippen molar-refractivity contribution in [1.82, 2.24) is 9.80 Å². The Balaban J connectivity index is 1.68. The molecule has 0 unspecified atom stereocenters. The topological polar surface area (TPSA) is 56.2 Å². The van der Waals surface area contributed by atoms with Gasteiger partial charge < -0.3 is 14.9 Å². The smallest absolute Gasteiger partial charge is 0.127 e. The lowest BCUT2D eigenvalue weighted by molar-refractivity contribution is 0.0493. The van der Waals surface area contributed by atoms with Gasteiger partial charge in [0, 0.05) is 50.9 Å². The van der Waals surface area contributed by atoms with Gasteiger partial charge in [-0.15, -0.1) is 0 Å². The van der Waals surface area contributed by atoms with E-state index in [1.54, 1.807) is 19.2 Å². The number of phenols is 1. The van der Waals surface area contributed by atoms with E-state index in [4.69, 9.17) is 4.74 Å². The molecule has 5 heteroatoms. The fraction of sp³-hybridized carbons (Fsp3) is 0.455. The third kappa shape index (κ3) is 5.01. The summed E-state index contributed by atoms with van der Waals surface area (Å²) in [6.45, 7) is 6.56. The van der Waals surface area contributed by atoms with Crippen LogP contribution in [0.1, 0.15) is 23.1 Å². The average molecular weight is 370 g/mol. The molecule has 0 aliphatic carbocycles. The van der Waals surface area contributed by atoms with Crippen LogP contribution in [-0.4, -0.2) is 59.4 Å². The molecule has 2 aromatic rings. The molecule has 0 amide bonds. The van der Waals surface area contributed by atoms with Gasteiger partial charge in [-0.25, -0.2) is 0 Å². The van der Waals surface area contributed by atoms with E-state index in [0.717, 1.165) is 43.9 Å². The molecule has 0 bridgehead atoms. The Morgan fingerprint density at radius 3 is 2.56 bits per heavy atom. The van der Waals surface area contributed by atoms with Crippen molar-refractivity contribution < 1.29 is 14.9 Å². The van der Waals surface area contributed by atoms with Crippen LogP contribution in [0.4, 0.5) is 0 Å². The van der Waals surface area contributed by atoms with Crippen LogP contribution in [-0.2, 0) is 13.1 Å². The molecule has 1 atom stereocenters. The summed E-state index contributed by atoms with van der Waals surface area (Å²) in [5.41, 5.74) is 3.40. The number of ether oxygens (including phenoxy) is 1. The third-order valence-electron chi connectivity index (χ3n) is 5.37. The van der Waals surface area contributed by atoms with Crippen molar-refractivity contribution in [3.8, 4) is 11.5 Å². The van der Waals surface area contributed by atoms with Gasteiger partial charge in [0.1, 0.15) is 11.5 Å². The lowest BCUT2D eigenvalue weighted by atomic mass is 10.0. The second-order valence-corrected chi connectivity index (χ2v) is 7.32. The third-order valence-corrected chi connectivity index (χ3v) is 5.37. The zero-order valence-corrected chi connectivity index (χ0v) is 16.3. The summed E-state index contributed by atoms with van der Waals surface area (Å²) in [7, 11) is 1.63. The van der Waals surface area contributed by atoms with E-state index in [0.29, 0.717) is 12.6 Å². The second-order valence-electron chi connectivity index (χ2n) is 7.32. The van der Waals surface area contributed by atoms with Crippen LogP contribution in [0.25, 0.3) is 0 Å². The van der Waals surface area contributed by atoms with E-state index in [1.165, 1.54) is 11.1 Å². The first-order chi connectivity index (χ1) is 13.1. The van der Waals surface area contributed by atoms with Gasteiger partial charge in [0.2, 0.25) is 0 Å². The number of phenolic OH excluding ortho intramolecular Hbond substituents is 1. The molecule has 0 aromatic heterocycles. The van der Waals surface area contributed by atoms with E-state index in [1.807, 2.05) is 6.07 Å². The Labute approximate surface area is 161 Å². The van der Waals surface area contributed by atoms with Gasteiger partial charge in [-0.05, 0) is 31.0 Å². The van der Waals surface area contributed by atoms with Crippen molar-refractivity contribution in [2.24, 2.45) is 0 Å². The van der Waals surface area contributed by atoms with Crippen LogP contribution >= 0.6 is 0 Å². The summed E-state index contributed by atoms with van der Waals surface area (Å²) in [5, 5.41) is 19.8. The maximum atomic E-state index is 10.2. The molecule has 0 radical (unpaired) electrons. The van der Waals surface area contributed by atoms with Crippen molar-refractivity contribution in [2.75, 3.05) is 33.4 Å². The fourth-order valence-corrected chi connectivity index (χ4v) is 3.79. The Kier molecular flexibility index (Phi) is 6.72. The van der Waals surface area contributed by atoms with Crippen LogP contribution < -0.4 is 4.74 Å². The summed E-state index contributed by atoms with van der Waals surface area (Å²) in [5.74, 6) is 0.992. The molecule has 2 aromatic carbocycles. The molecule has 1 fully saturated rings. The number of aliphatic hydroxyl groups excluding tert-OH is 1. The highest BCUT2D eigenvalue weighted by Crippen LogP contribution is 2.29. The number of rotatable bonds is 7. The highest BCUT2D eigenvalue weighted by molar-refractivity contribution is 5.43. The van der Waals surface area contributed by atoms with Crippen molar-refractivity contribution in [1.29, 1.82) is 0 Å². The Bertz CT molecular complexity index is 733. The fourth-order valence-electron chi connectivity index (χ4n) is 3.79. The summed E-state index contributed by atoms with van der Waals surface area (Å²) < 4.78 is 5.41. The van der Waals surface area contributed by atoms with Gasteiger partial charge in [-0.3, -0.25) is 9.80 Å². The van der Waals surface area contributed by atoms with Crippen LogP contribution in [0.15, 0.2) is 42.5 Å². The second kappa shape index (κ2) is 9.22. The molecular weight excluding hydrogens is 340 g/mol. The minimum Gasteiger partial charge on any atom is -0.507 e. The highest BCUT2D eigenvalue weighted by atomic mass is 16.5. The molecule has 1 aliphatic heterocycles. The predicted molar refractivity (Wildman–Crippen MR) is 107 cm³/mol. The van der Waals surface area contributed by atoms with Gasteiger partial charge >= 0.3 is 0 Å². The quantitative estimate of drug-likeness (QED) is 0.785. The number of methoxy groups -OCH3 is 1. The molecule has 5 nitrogen and oxygen atoms in total. The average Bonchev–Trinajstić information content (AvgIpc) is 2.67. The van der Waals surface area contributed by atoms with Gasteiger partial charge in [-0.1, -0.05) is 35.9 Å². The SMILES string of the molecule is COc1cccc(O)c1CN1CCN(Cc2ccc(C)cc2)[C@H](CCO)C1. The van der Waals surface area contributed by atoms with E-state index < -0.39 is 0 Å². The Morgan fingerprint density at radius 1 is 1.07 bits per heavy atom. The van der Waals surface area contributed by atoms with Gasteiger partial charge in [0.05, 0.1) is 7.11 Å². The maximum absolute atomic E-state index is 10.2. The molecule has 1 aliphatic rings. The van der Waals surface area contributed by atoms with E-state index in [-0.39, 0.29) is 12.4 Å². The molecule has 0 spiro atoms. The number of aliphatic hydroxyl groups is 1. The Morgan fingerprint density at radius 2 is 1.85 bits per heavy atom. The van der Waals surface area contributed by atoms with E-state index in [2.05, 4.69) is 41.0 Å². The van der Waals surface area contributed by atoms with Crippen molar-refractivity contribution in [3.63, 3.8) is 0 Å². The van der Waals surface area contributed by atoms with Crippen LogP contribution in [0, 0.1) is 6.92 Å². The maximum Gasteiger partial charge on any atom is 0.127 e. The zero-order valence-electron chi connectivity index (χ0n) is 16.3. The number of aromatic hydroxyl groups is 1. The molecule has 3 rings (SSSR count). The molecule has 0 saturated carbocycles. The number of piperazine rings is 1. The van der Waals surface area contributed by atoms with Crippen LogP contribution in [0.2, 0.25) is 0 Å². The first-order valence-electron chi connectivity index (χ1n) is 9.58. The minimum atomic E-state index is 0.183. The highest BCUT2D eigenvalue weighted by Gasteiger charge is 2.27. The van der Waals surface area contributed by atoms with Crippen molar-refractivity contribution in [3.05, 3.63) is 59.2 Å². The summed E-state index contributed by atoms with van der Waals surface area (Å²) in [4.78, 5) is 4.79. The molecule has 27 heavy (non-hydrogen) atoms. The summed E-state index contributed by atoms with van der Waals surface area (Å²) in [6, 6.07) is 14.3. The number of aryl methyl sites for hydroxylation is 1. The first-order valence-corrected chi connectivity index (χ1v) is 9.58. The number of hydrogen-bond donors (Lipinski definition) is 2. The van der Waals surface area contributed by atoms with E-state index in [9.17, 15) is 10.2 Å². The minimum absolute atomic E-state index is 0.183. The van der Waals surface area contributed by atoms with Crippen LogP contribution in [0.3, 0.4) is 0 Å².